The van der Waals surface area contributed by atoms with Crippen LogP contribution in [0.15, 0.2) is 48.5 Å². The minimum atomic E-state index is -0.696. The second-order valence-corrected chi connectivity index (χ2v) is 7.44. The monoisotopic (exact) mass is 408 g/mol. The zero-order valence-electron chi connectivity index (χ0n) is 15.2. The SMILES string of the molecule is CNC(=O)[C@H](C)N(Cc1ccccc1F)C(=O)CSCc1ccc(Cl)cc1. The third-order valence-electron chi connectivity index (χ3n) is 4.12. The number of likely N-dealkylation sites (N-methyl/N-ethyl adjacent to an activating group) is 1. The van der Waals surface area contributed by atoms with E-state index in [4.69, 9.17) is 11.6 Å². The van der Waals surface area contributed by atoms with E-state index in [1.807, 2.05) is 12.1 Å². The van der Waals surface area contributed by atoms with Crippen molar-refractivity contribution in [1.29, 1.82) is 0 Å². The topological polar surface area (TPSA) is 49.4 Å². The zero-order chi connectivity index (χ0) is 19.8. The second kappa shape index (κ2) is 10.3. The number of halogens is 2. The number of carbonyl (C=O) groups excluding carboxylic acids is 2. The van der Waals surface area contributed by atoms with E-state index in [-0.39, 0.29) is 24.1 Å². The molecule has 0 fully saturated rings. The Labute approximate surface area is 168 Å². The van der Waals surface area contributed by atoms with Gasteiger partial charge in [0.1, 0.15) is 11.9 Å². The summed E-state index contributed by atoms with van der Waals surface area (Å²) in [5.41, 5.74) is 1.43. The van der Waals surface area contributed by atoms with Crippen LogP contribution in [0.2, 0.25) is 5.02 Å². The molecule has 144 valence electrons. The van der Waals surface area contributed by atoms with Gasteiger partial charge in [-0.3, -0.25) is 9.59 Å². The molecule has 0 heterocycles. The van der Waals surface area contributed by atoms with Gasteiger partial charge in [-0.05, 0) is 30.7 Å². The van der Waals surface area contributed by atoms with Gasteiger partial charge in [-0.1, -0.05) is 41.9 Å². The molecule has 0 aromatic heterocycles. The molecule has 0 radical (unpaired) electrons. The van der Waals surface area contributed by atoms with E-state index in [1.54, 1.807) is 37.3 Å². The van der Waals surface area contributed by atoms with Gasteiger partial charge in [0.15, 0.2) is 0 Å². The maximum absolute atomic E-state index is 14.0. The Bertz CT molecular complexity index is 786. The fraction of sp³-hybridized carbons (Fsp3) is 0.300. The zero-order valence-corrected chi connectivity index (χ0v) is 16.8. The molecular formula is C20H22ClFN2O2S. The number of nitrogens with one attached hydrogen (secondary N) is 1. The lowest BCUT2D eigenvalue weighted by atomic mass is 10.1. The van der Waals surface area contributed by atoms with Crippen LogP contribution in [-0.2, 0) is 21.9 Å². The van der Waals surface area contributed by atoms with Gasteiger partial charge in [-0.2, -0.15) is 0 Å². The molecule has 0 unspecified atom stereocenters. The normalized spacial score (nSPS) is 11.7. The molecule has 0 aliphatic carbocycles. The molecule has 0 saturated carbocycles. The Kier molecular flexibility index (Phi) is 8.13. The molecule has 27 heavy (non-hydrogen) atoms. The number of carbonyl (C=O) groups is 2. The molecule has 2 aromatic carbocycles. The molecule has 0 aliphatic heterocycles. The lowest BCUT2D eigenvalue weighted by Gasteiger charge is -2.28. The third-order valence-corrected chi connectivity index (χ3v) is 5.36. The van der Waals surface area contributed by atoms with Crippen LogP contribution in [0.3, 0.4) is 0 Å². The standard InChI is InChI=1S/C20H22ClFN2O2S/c1-14(20(26)23-2)24(11-16-5-3-4-6-18(16)22)19(25)13-27-12-15-7-9-17(21)10-8-15/h3-10,14H,11-13H2,1-2H3,(H,23,26)/t14-/m0/s1. The Morgan fingerprint density at radius 2 is 1.85 bits per heavy atom. The van der Waals surface area contributed by atoms with E-state index in [9.17, 15) is 14.0 Å². The van der Waals surface area contributed by atoms with Gasteiger partial charge in [0, 0.05) is 29.9 Å². The Morgan fingerprint density at radius 1 is 1.19 bits per heavy atom. The van der Waals surface area contributed by atoms with Gasteiger partial charge in [0.25, 0.3) is 0 Å². The van der Waals surface area contributed by atoms with Crippen molar-refractivity contribution >= 4 is 35.2 Å². The maximum Gasteiger partial charge on any atom is 0.242 e. The number of amides is 2. The van der Waals surface area contributed by atoms with Gasteiger partial charge >= 0.3 is 0 Å². The second-order valence-electron chi connectivity index (χ2n) is 6.02. The maximum atomic E-state index is 14.0. The average Bonchev–Trinajstić information content (AvgIpc) is 2.67. The first kappa shape index (κ1) is 21.3. The van der Waals surface area contributed by atoms with Crippen molar-refractivity contribution in [2.45, 2.75) is 25.3 Å². The number of rotatable bonds is 8. The summed E-state index contributed by atoms with van der Waals surface area (Å²) in [6.45, 7) is 1.68. The van der Waals surface area contributed by atoms with Crippen molar-refractivity contribution < 1.29 is 14.0 Å². The Morgan fingerprint density at radius 3 is 2.48 bits per heavy atom. The molecule has 4 nitrogen and oxygen atoms in total. The summed E-state index contributed by atoms with van der Waals surface area (Å²) in [5, 5.41) is 3.20. The first-order valence-electron chi connectivity index (χ1n) is 8.49. The van der Waals surface area contributed by atoms with E-state index >= 15 is 0 Å². The van der Waals surface area contributed by atoms with Crippen molar-refractivity contribution in [3.63, 3.8) is 0 Å². The molecule has 0 spiro atoms. The molecule has 7 heteroatoms. The smallest absolute Gasteiger partial charge is 0.242 e. The summed E-state index contributed by atoms with van der Waals surface area (Å²) in [6, 6.07) is 13.0. The highest BCUT2D eigenvalue weighted by Crippen LogP contribution is 2.18. The van der Waals surface area contributed by atoms with Crippen LogP contribution in [0.5, 0.6) is 0 Å². The summed E-state index contributed by atoms with van der Waals surface area (Å²) in [7, 11) is 1.51. The quantitative estimate of drug-likeness (QED) is 0.721. The van der Waals surface area contributed by atoms with Crippen LogP contribution < -0.4 is 5.32 Å². The predicted octanol–water partition coefficient (Wildman–Crippen LogP) is 3.88. The van der Waals surface area contributed by atoms with Crippen LogP contribution in [0.25, 0.3) is 0 Å². The van der Waals surface area contributed by atoms with Gasteiger partial charge < -0.3 is 10.2 Å². The first-order chi connectivity index (χ1) is 12.9. The fourth-order valence-electron chi connectivity index (χ4n) is 2.52. The summed E-state index contributed by atoms with van der Waals surface area (Å²) < 4.78 is 14.0. The predicted molar refractivity (Wildman–Crippen MR) is 108 cm³/mol. The van der Waals surface area contributed by atoms with Gasteiger partial charge in [-0.25, -0.2) is 4.39 Å². The van der Waals surface area contributed by atoms with Crippen LogP contribution in [0, 0.1) is 5.82 Å². The average molecular weight is 409 g/mol. The van der Waals surface area contributed by atoms with E-state index < -0.39 is 11.9 Å². The Hall–Kier alpha value is -2.05. The molecule has 0 saturated heterocycles. The summed E-state index contributed by atoms with van der Waals surface area (Å²) in [4.78, 5) is 26.2. The van der Waals surface area contributed by atoms with E-state index in [0.717, 1.165) is 5.56 Å². The van der Waals surface area contributed by atoms with Crippen LogP contribution in [-0.4, -0.2) is 35.6 Å². The molecule has 2 amide bonds. The number of nitrogens with zero attached hydrogens (tertiary/aromatic N) is 1. The number of hydrogen-bond acceptors (Lipinski definition) is 3. The van der Waals surface area contributed by atoms with Gasteiger partial charge in [-0.15, -0.1) is 11.8 Å². The minimum absolute atomic E-state index is 0.0433. The Balaban J connectivity index is 2.04. The van der Waals surface area contributed by atoms with Crippen molar-refractivity contribution in [1.82, 2.24) is 10.2 Å². The number of benzene rings is 2. The highest BCUT2D eigenvalue weighted by atomic mass is 35.5. The molecule has 0 aliphatic rings. The molecular weight excluding hydrogens is 387 g/mol. The van der Waals surface area contributed by atoms with Crippen molar-refractivity contribution in [2.75, 3.05) is 12.8 Å². The summed E-state index contributed by atoms with van der Waals surface area (Å²) in [6.07, 6.45) is 0. The van der Waals surface area contributed by atoms with Crippen LogP contribution >= 0.6 is 23.4 Å². The first-order valence-corrected chi connectivity index (χ1v) is 10.0. The minimum Gasteiger partial charge on any atom is -0.357 e. The van der Waals surface area contributed by atoms with Gasteiger partial charge in [0.2, 0.25) is 11.8 Å². The largest absolute Gasteiger partial charge is 0.357 e. The third kappa shape index (κ3) is 6.26. The molecule has 2 aromatic rings. The van der Waals surface area contributed by atoms with E-state index in [2.05, 4.69) is 5.32 Å². The van der Waals surface area contributed by atoms with Gasteiger partial charge in [0.05, 0.1) is 5.75 Å². The fourth-order valence-corrected chi connectivity index (χ4v) is 3.52. The molecule has 1 N–H and O–H groups in total. The highest BCUT2D eigenvalue weighted by molar-refractivity contribution is 7.99. The van der Waals surface area contributed by atoms with Crippen molar-refractivity contribution in [2.24, 2.45) is 0 Å². The van der Waals surface area contributed by atoms with E-state index in [0.29, 0.717) is 16.3 Å². The number of hydrogen-bond donors (Lipinski definition) is 1. The van der Waals surface area contributed by atoms with E-state index in [1.165, 1.54) is 29.8 Å². The number of thioether (sulfide) groups is 1. The lowest BCUT2D eigenvalue weighted by molar-refractivity contribution is -0.138. The highest BCUT2D eigenvalue weighted by Gasteiger charge is 2.26. The van der Waals surface area contributed by atoms with Crippen molar-refractivity contribution in [3.05, 3.63) is 70.5 Å². The van der Waals surface area contributed by atoms with Crippen LogP contribution in [0.1, 0.15) is 18.1 Å². The summed E-state index contributed by atoms with van der Waals surface area (Å²) in [5.74, 6) is -0.0626. The lowest BCUT2D eigenvalue weighted by Crippen LogP contribution is -2.47. The molecule has 2 rings (SSSR count). The molecule has 0 bridgehead atoms. The van der Waals surface area contributed by atoms with Crippen LogP contribution in [0.4, 0.5) is 4.39 Å². The van der Waals surface area contributed by atoms with Crippen molar-refractivity contribution in [3.8, 4) is 0 Å². The molecule has 1 atom stereocenters. The summed E-state index contributed by atoms with van der Waals surface area (Å²) >= 11 is 7.31.